The monoisotopic (exact) mass is 310 g/mol. The van der Waals surface area contributed by atoms with E-state index < -0.39 is 5.97 Å². The van der Waals surface area contributed by atoms with Crippen molar-refractivity contribution in [3.8, 4) is 0 Å². The number of aliphatic hydroxyl groups excluding tert-OH is 1. The van der Waals surface area contributed by atoms with Gasteiger partial charge in [-0.2, -0.15) is 0 Å². The van der Waals surface area contributed by atoms with Gasteiger partial charge in [-0.05, 0) is 6.42 Å². The van der Waals surface area contributed by atoms with Crippen molar-refractivity contribution in [1.29, 1.82) is 0 Å². The molecule has 120 valence electrons. The number of Topliss-reactive ketones (excluding diaryl/α,β-unsaturated/α-hetero) is 1. The molecule has 21 heavy (non-hydrogen) atoms. The fraction of sp³-hybridized carbons (Fsp3) is 0.875. The predicted molar refractivity (Wildman–Crippen MR) is 86.7 cm³/mol. The van der Waals surface area contributed by atoms with Crippen LogP contribution in [0.1, 0.15) is 77.6 Å². The summed E-state index contributed by atoms with van der Waals surface area (Å²) in [6.45, 7) is 2.00. The number of rotatable bonds is 14. The van der Waals surface area contributed by atoms with Gasteiger partial charge in [0.15, 0.2) is 0 Å². The van der Waals surface area contributed by atoms with Crippen LogP contribution in [-0.2, 0) is 14.3 Å². The Hall–Kier alpha value is 0.1000. The molecule has 0 saturated heterocycles. The predicted octanol–water partition coefficient (Wildman–Crippen LogP) is 2.75. The van der Waals surface area contributed by atoms with E-state index in [9.17, 15) is 9.59 Å². The zero-order valence-electron chi connectivity index (χ0n) is 12.9. The van der Waals surface area contributed by atoms with Gasteiger partial charge in [-0.15, -0.1) is 0 Å². The van der Waals surface area contributed by atoms with Crippen LogP contribution >= 0.6 is 0 Å². The number of hydrogen-bond acceptors (Lipinski definition) is 4. The van der Waals surface area contributed by atoms with Gasteiger partial charge in [0.05, 0.1) is 6.61 Å². The van der Waals surface area contributed by atoms with Crippen molar-refractivity contribution in [2.75, 3.05) is 13.2 Å². The van der Waals surface area contributed by atoms with E-state index in [4.69, 9.17) is 5.11 Å². The fourth-order valence-corrected chi connectivity index (χ4v) is 2.09. The van der Waals surface area contributed by atoms with Gasteiger partial charge in [0, 0.05) is 6.42 Å². The summed E-state index contributed by atoms with van der Waals surface area (Å²) in [7, 11) is 0. The minimum atomic E-state index is -0.528. The Balaban J connectivity index is 0. The van der Waals surface area contributed by atoms with Crippen LogP contribution < -0.4 is 0 Å². The van der Waals surface area contributed by atoms with Crippen molar-refractivity contribution >= 4 is 41.3 Å². The van der Waals surface area contributed by atoms with E-state index in [0.29, 0.717) is 6.42 Å². The summed E-state index contributed by atoms with van der Waals surface area (Å²) in [5, 5.41) is 8.48. The van der Waals surface area contributed by atoms with Crippen molar-refractivity contribution in [2.45, 2.75) is 77.6 Å². The molecule has 5 heteroatoms. The van der Waals surface area contributed by atoms with Crippen LogP contribution in [0.3, 0.4) is 0 Å². The molecule has 1 N–H and O–H groups in total. The van der Waals surface area contributed by atoms with Crippen molar-refractivity contribution in [1.82, 2.24) is 0 Å². The Morgan fingerprint density at radius 1 is 0.905 bits per heavy atom. The number of esters is 1. The first-order valence-electron chi connectivity index (χ1n) is 7.99. The summed E-state index contributed by atoms with van der Waals surface area (Å²) in [5.74, 6) is -0.587. The SMILES string of the molecule is CCCCCCCCCCCC(=O)CC(=O)OCCO.[NaH]. The van der Waals surface area contributed by atoms with Crippen molar-refractivity contribution in [2.24, 2.45) is 0 Å². The van der Waals surface area contributed by atoms with Gasteiger partial charge in [0.2, 0.25) is 0 Å². The van der Waals surface area contributed by atoms with Gasteiger partial charge in [0.25, 0.3) is 0 Å². The third-order valence-corrected chi connectivity index (χ3v) is 3.26. The van der Waals surface area contributed by atoms with E-state index >= 15 is 0 Å². The third kappa shape index (κ3) is 18.1. The fourth-order valence-electron chi connectivity index (χ4n) is 2.09. The zero-order chi connectivity index (χ0) is 15.1. The van der Waals surface area contributed by atoms with Gasteiger partial charge < -0.3 is 9.84 Å². The van der Waals surface area contributed by atoms with E-state index in [1.165, 1.54) is 44.9 Å². The number of ether oxygens (including phenoxy) is 1. The second-order valence-electron chi connectivity index (χ2n) is 5.24. The zero-order valence-corrected chi connectivity index (χ0v) is 12.9. The van der Waals surface area contributed by atoms with Gasteiger partial charge in [-0.3, -0.25) is 9.59 Å². The quantitative estimate of drug-likeness (QED) is 0.232. The number of unbranched alkanes of at least 4 members (excludes halogenated alkanes) is 8. The van der Waals surface area contributed by atoms with Crippen LogP contribution in [0, 0.1) is 0 Å². The van der Waals surface area contributed by atoms with Gasteiger partial charge in [-0.1, -0.05) is 58.3 Å². The third-order valence-electron chi connectivity index (χ3n) is 3.26. The molecule has 0 amide bonds. The maximum absolute atomic E-state index is 11.5. The first kappa shape index (κ1) is 23.4. The first-order valence-corrected chi connectivity index (χ1v) is 7.99. The Morgan fingerprint density at radius 2 is 1.43 bits per heavy atom. The number of ketones is 1. The Morgan fingerprint density at radius 3 is 1.95 bits per heavy atom. The van der Waals surface area contributed by atoms with Gasteiger partial charge >= 0.3 is 35.5 Å². The van der Waals surface area contributed by atoms with Crippen LogP contribution in [0.25, 0.3) is 0 Å². The molecular weight excluding hydrogens is 279 g/mol. The Bertz CT molecular complexity index is 257. The maximum atomic E-state index is 11.5. The summed E-state index contributed by atoms with van der Waals surface area (Å²) < 4.78 is 4.64. The molecule has 0 heterocycles. The average molecular weight is 310 g/mol. The second kappa shape index (κ2) is 18.1. The molecule has 0 aliphatic rings. The Labute approximate surface area is 151 Å². The van der Waals surface area contributed by atoms with Crippen LogP contribution in [0.4, 0.5) is 0 Å². The Kier molecular flexibility index (Phi) is 20.2. The second-order valence-corrected chi connectivity index (χ2v) is 5.24. The summed E-state index contributed by atoms with van der Waals surface area (Å²) >= 11 is 0. The van der Waals surface area contributed by atoms with Crippen LogP contribution in [0.2, 0.25) is 0 Å². The van der Waals surface area contributed by atoms with Crippen LogP contribution in [0.15, 0.2) is 0 Å². The summed E-state index contributed by atoms with van der Waals surface area (Å²) in [6.07, 6.45) is 11.2. The molecule has 0 atom stereocenters. The molecule has 0 aliphatic carbocycles. The number of hydrogen-bond donors (Lipinski definition) is 1. The van der Waals surface area contributed by atoms with E-state index in [-0.39, 0.29) is 55.0 Å². The molecule has 0 aliphatic heterocycles. The first-order chi connectivity index (χ1) is 9.70. The van der Waals surface area contributed by atoms with E-state index in [1.54, 1.807) is 0 Å². The molecule has 0 fully saturated rings. The molecule has 4 nitrogen and oxygen atoms in total. The van der Waals surface area contributed by atoms with E-state index in [1.807, 2.05) is 0 Å². The summed E-state index contributed by atoms with van der Waals surface area (Å²) in [6, 6.07) is 0. The molecule has 0 unspecified atom stereocenters. The summed E-state index contributed by atoms with van der Waals surface area (Å²) in [4.78, 5) is 22.6. The molecule has 0 spiro atoms. The topological polar surface area (TPSA) is 63.6 Å². The van der Waals surface area contributed by atoms with Crippen molar-refractivity contribution in [3.63, 3.8) is 0 Å². The van der Waals surface area contributed by atoms with E-state index in [2.05, 4.69) is 11.7 Å². The minimum absolute atomic E-state index is 0. The molecule has 0 aromatic heterocycles. The number of aliphatic hydroxyl groups is 1. The molecular formula is C16H31NaO4. The van der Waals surface area contributed by atoms with Gasteiger partial charge in [-0.25, -0.2) is 0 Å². The average Bonchev–Trinajstić information content (AvgIpc) is 2.43. The summed E-state index contributed by atoms with van der Waals surface area (Å²) in [5.41, 5.74) is 0. The van der Waals surface area contributed by atoms with E-state index in [0.717, 1.165) is 12.8 Å². The number of carbonyl (C=O) groups excluding carboxylic acids is 2. The van der Waals surface area contributed by atoms with Crippen molar-refractivity contribution in [3.05, 3.63) is 0 Å². The van der Waals surface area contributed by atoms with Crippen LogP contribution in [0.5, 0.6) is 0 Å². The molecule has 0 bridgehead atoms. The molecule has 0 rings (SSSR count). The molecule has 0 aromatic carbocycles. The normalized spacial score (nSPS) is 10.0. The molecule has 0 aromatic rings. The standard InChI is InChI=1S/C16H30O4.Na.H/c1-2-3-4-5-6-7-8-9-10-11-15(18)14-16(19)20-13-12-17;;/h17H,2-14H2,1H3;;. The number of carbonyl (C=O) groups is 2. The van der Waals surface area contributed by atoms with Crippen LogP contribution in [-0.4, -0.2) is 59.6 Å². The van der Waals surface area contributed by atoms with Gasteiger partial charge in [0.1, 0.15) is 18.8 Å². The van der Waals surface area contributed by atoms with Crippen molar-refractivity contribution < 1.29 is 19.4 Å². The molecule has 0 radical (unpaired) electrons. The molecule has 0 saturated carbocycles.